The van der Waals surface area contributed by atoms with E-state index in [9.17, 15) is 39.6 Å². The normalized spacial score (nSPS) is 37.7. The highest BCUT2D eigenvalue weighted by Crippen LogP contribution is 2.46. The number of esters is 2. The molecule has 4 aliphatic rings. The second-order valence-corrected chi connectivity index (χ2v) is 24.3. The van der Waals surface area contributed by atoms with Gasteiger partial charge in [-0.05, 0) is 90.0 Å². The lowest BCUT2D eigenvalue weighted by Crippen LogP contribution is -2.45. The van der Waals surface area contributed by atoms with Crippen LogP contribution in [0.3, 0.4) is 0 Å². The van der Waals surface area contributed by atoms with Gasteiger partial charge in [0.05, 0.1) is 92.9 Å². The number of ether oxygens (including phenoxy) is 4. The van der Waals surface area contributed by atoms with E-state index >= 15 is 0 Å². The number of hydrogen-bond donors (Lipinski definition) is 4. The van der Waals surface area contributed by atoms with Crippen LogP contribution in [-0.2, 0) is 38.1 Å². The molecular weight excluding hydrogens is 933 g/mol. The number of cyclic esters (lactones) is 2. The zero-order chi connectivity index (χ0) is 52.3. The van der Waals surface area contributed by atoms with Gasteiger partial charge in [0.1, 0.15) is 23.8 Å². The van der Waals surface area contributed by atoms with Crippen LogP contribution in [0.5, 0.6) is 0 Å². The fraction of sp³-hybridized carbons (Fsp3) is 0.704. The maximum atomic E-state index is 13.2. The monoisotopic (exact) mass is 1010 g/mol. The Labute approximate surface area is 423 Å². The molecule has 0 aliphatic carbocycles. The first kappa shape index (κ1) is 57.4. The van der Waals surface area contributed by atoms with Crippen molar-refractivity contribution < 1.29 is 58.6 Å². The summed E-state index contributed by atoms with van der Waals surface area (Å²) < 4.78 is 23.8. The first-order valence-corrected chi connectivity index (χ1v) is 26.7. The standard InChI is InChI=1S/C27H41NO6S.C27H39NO6S/c2*1-15-9-8-10-27(7)22(34-27)12-20(16(2)11-19-14-35-18(4)28-19)33-23(30)13-21(29)26(5,6)25(32)17(3)24(15)31/h11,14-15,17,20-22,24,29,31H,8-10,12-13H2,1-7H3;8-9,11,14-15,17,20-22,24,29,31H,10,12-13H2,1-7H3/b16-11+;9-8+,16-11+/t2*15-,17+,20?,21-,22+,24-,27-/m00/s1. The molecule has 0 radical (unpaired) electrons. The summed E-state index contributed by atoms with van der Waals surface area (Å²) in [5.74, 6) is -3.37. The lowest BCUT2D eigenvalue weighted by molar-refractivity contribution is -0.156. The minimum absolute atomic E-state index is 0.0455. The third-order valence-corrected chi connectivity index (χ3v) is 17.0. The molecule has 6 rings (SSSR count). The zero-order valence-electron chi connectivity index (χ0n) is 43.8. The summed E-state index contributed by atoms with van der Waals surface area (Å²) in [5, 5.41) is 49.1. The van der Waals surface area contributed by atoms with Gasteiger partial charge in [-0.1, -0.05) is 74.0 Å². The molecule has 0 bridgehead atoms. The van der Waals surface area contributed by atoms with Gasteiger partial charge in [0.15, 0.2) is 0 Å². The fourth-order valence-electron chi connectivity index (χ4n) is 9.74. The van der Waals surface area contributed by atoms with E-state index in [4.69, 9.17) is 18.9 Å². The van der Waals surface area contributed by atoms with Crippen molar-refractivity contribution in [2.24, 2.45) is 34.5 Å². The molecule has 390 valence electrons. The summed E-state index contributed by atoms with van der Waals surface area (Å²) in [6, 6.07) is 0. The van der Waals surface area contributed by atoms with Gasteiger partial charge in [-0.2, -0.15) is 0 Å². The molecule has 4 aliphatic heterocycles. The van der Waals surface area contributed by atoms with E-state index in [1.807, 2.05) is 83.5 Å². The molecule has 4 N–H and O–H groups in total. The van der Waals surface area contributed by atoms with Crippen molar-refractivity contribution in [3.05, 3.63) is 55.5 Å². The summed E-state index contributed by atoms with van der Waals surface area (Å²) in [7, 11) is 0. The molecule has 6 heterocycles. The number of ketones is 2. The van der Waals surface area contributed by atoms with Crippen molar-refractivity contribution in [2.75, 3.05) is 0 Å². The van der Waals surface area contributed by atoms with Crippen molar-refractivity contribution >= 4 is 58.3 Å². The third-order valence-electron chi connectivity index (χ3n) is 15.4. The lowest BCUT2D eigenvalue weighted by atomic mass is 9.73. The number of nitrogens with zero attached hydrogens (tertiary/aromatic N) is 2. The van der Waals surface area contributed by atoms with Gasteiger partial charge in [0.25, 0.3) is 0 Å². The van der Waals surface area contributed by atoms with Crippen molar-refractivity contribution in [1.82, 2.24) is 9.97 Å². The summed E-state index contributed by atoms with van der Waals surface area (Å²) in [5.41, 5.74) is 0.218. The SMILES string of the molecule is C/C(=C\c1csc(C)n1)C1C[C@H]2O[C@@]2(C)C/C=C/[C@H](C)[C@H](O)[C@@H](C)C(=O)C(C)(C)[C@@H](O)CC(=O)O1.C/C(=C\c1csc(C)n1)C1C[C@H]2O[C@@]2(C)CCC[C@H](C)[C@H](O)[C@@H](C)C(=O)C(C)(C)[C@@H](O)CC(=O)O1. The summed E-state index contributed by atoms with van der Waals surface area (Å²) in [4.78, 5) is 61.2. The first-order valence-electron chi connectivity index (χ1n) is 24.9. The molecule has 2 unspecified atom stereocenters. The van der Waals surface area contributed by atoms with Crippen LogP contribution >= 0.6 is 22.7 Å². The molecule has 3 fully saturated rings. The van der Waals surface area contributed by atoms with E-state index in [1.54, 1.807) is 64.2 Å². The predicted octanol–water partition coefficient (Wildman–Crippen LogP) is 8.73. The fourth-order valence-corrected chi connectivity index (χ4v) is 10.9. The molecular formula is C54H80N2O12S2. The number of Topliss-reactive ketones (excluding diaryl/α,β-unsaturated/α-hetero) is 2. The molecule has 0 amide bonds. The molecule has 2 aromatic rings. The maximum Gasteiger partial charge on any atom is 0.309 e. The number of aliphatic hydroxyl groups excluding tert-OH is 4. The van der Waals surface area contributed by atoms with Gasteiger partial charge in [-0.3, -0.25) is 19.2 Å². The van der Waals surface area contributed by atoms with E-state index in [1.165, 1.54) is 0 Å². The molecule has 2 aromatic heterocycles. The van der Waals surface area contributed by atoms with Gasteiger partial charge in [0.2, 0.25) is 0 Å². The van der Waals surface area contributed by atoms with E-state index in [2.05, 4.69) is 16.9 Å². The molecule has 14 atom stereocenters. The van der Waals surface area contributed by atoms with E-state index < -0.39 is 71.2 Å². The Morgan fingerprint density at radius 1 is 0.671 bits per heavy atom. The highest BCUT2D eigenvalue weighted by Gasteiger charge is 2.54. The van der Waals surface area contributed by atoms with Gasteiger partial charge < -0.3 is 39.4 Å². The Hall–Kier alpha value is -3.48. The van der Waals surface area contributed by atoms with Crippen LogP contribution in [-0.4, -0.2) is 114 Å². The number of carbonyl (C=O) groups is 4. The largest absolute Gasteiger partial charge is 0.458 e. The zero-order valence-corrected chi connectivity index (χ0v) is 45.4. The summed E-state index contributed by atoms with van der Waals surface area (Å²) >= 11 is 3.11. The number of hydrogen-bond acceptors (Lipinski definition) is 16. The van der Waals surface area contributed by atoms with Gasteiger partial charge in [-0.25, -0.2) is 9.97 Å². The second kappa shape index (κ2) is 23.2. The van der Waals surface area contributed by atoms with Gasteiger partial charge in [0, 0.05) is 41.4 Å². The highest BCUT2D eigenvalue weighted by molar-refractivity contribution is 7.09. The third kappa shape index (κ3) is 14.4. The molecule has 70 heavy (non-hydrogen) atoms. The topological polar surface area (TPSA) is 218 Å². The number of thiazole rings is 2. The van der Waals surface area contributed by atoms with Crippen LogP contribution in [0.2, 0.25) is 0 Å². The smallest absolute Gasteiger partial charge is 0.309 e. The van der Waals surface area contributed by atoms with Crippen molar-refractivity contribution in [3.8, 4) is 0 Å². The Kier molecular flexibility index (Phi) is 19.0. The van der Waals surface area contributed by atoms with E-state index in [0.29, 0.717) is 19.3 Å². The number of aryl methyl sites for hydroxylation is 2. The molecule has 16 heteroatoms. The number of epoxide rings is 2. The van der Waals surface area contributed by atoms with E-state index in [0.717, 1.165) is 51.8 Å². The van der Waals surface area contributed by atoms with Crippen LogP contribution in [0.4, 0.5) is 0 Å². The Bertz CT molecular complexity index is 2260. The van der Waals surface area contributed by atoms with E-state index in [-0.39, 0.29) is 59.7 Å². The van der Waals surface area contributed by atoms with Crippen LogP contribution < -0.4 is 0 Å². The molecule has 0 saturated carbocycles. The molecule has 0 spiro atoms. The first-order chi connectivity index (χ1) is 32.5. The summed E-state index contributed by atoms with van der Waals surface area (Å²) in [6.07, 6.45) is 5.82. The number of aliphatic hydroxyl groups is 4. The quantitative estimate of drug-likeness (QED) is 0.128. The Morgan fingerprint density at radius 3 is 1.54 bits per heavy atom. The number of fused-ring (bicyclic) bond motifs is 2. The van der Waals surface area contributed by atoms with Crippen LogP contribution in [0, 0.1) is 48.3 Å². The maximum absolute atomic E-state index is 13.2. The van der Waals surface area contributed by atoms with Crippen LogP contribution in [0.25, 0.3) is 12.2 Å². The second-order valence-electron chi connectivity index (χ2n) is 22.2. The lowest BCUT2D eigenvalue weighted by Gasteiger charge is -2.34. The van der Waals surface area contributed by atoms with Gasteiger partial charge >= 0.3 is 11.9 Å². The van der Waals surface area contributed by atoms with Crippen LogP contribution in [0.15, 0.2) is 34.1 Å². The minimum Gasteiger partial charge on any atom is -0.458 e. The average Bonchev–Trinajstić information content (AvgIpc) is 3.94. The number of rotatable bonds is 4. The highest BCUT2D eigenvalue weighted by atomic mass is 32.1. The predicted molar refractivity (Wildman–Crippen MR) is 272 cm³/mol. The average molecular weight is 1010 g/mol. The van der Waals surface area contributed by atoms with Crippen molar-refractivity contribution in [3.63, 3.8) is 0 Å². The molecule has 14 nitrogen and oxygen atoms in total. The molecule has 0 aromatic carbocycles. The van der Waals surface area contributed by atoms with Gasteiger partial charge in [-0.15, -0.1) is 22.7 Å². The van der Waals surface area contributed by atoms with Crippen LogP contribution in [0.1, 0.15) is 156 Å². The molecule has 3 saturated heterocycles. The Balaban J connectivity index is 0.000000261. The van der Waals surface area contributed by atoms with Crippen molar-refractivity contribution in [1.29, 1.82) is 0 Å². The number of carbonyl (C=O) groups excluding carboxylic acids is 4. The summed E-state index contributed by atoms with van der Waals surface area (Å²) in [6.45, 7) is 25.4. The number of aromatic nitrogens is 2. The minimum atomic E-state index is -1.25. The van der Waals surface area contributed by atoms with Crippen molar-refractivity contribution in [2.45, 2.75) is 208 Å². The Morgan fingerprint density at radius 2 is 1.10 bits per heavy atom.